The minimum Gasteiger partial charge on any atom is -0.344 e. The fourth-order valence-corrected chi connectivity index (χ4v) is 2.59. The smallest absolute Gasteiger partial charge is 0.226 e. The van der Waals surface area contributed by atoms with Crippen LogP contribution in [0.3, 0.4) is 0 Å². The fraction of sp³-hybridized carbons (Fsp3) is 0.357. The van der Waals surface area contributed by atoms with Gasteiger partial charge in [0.05, 0.1) is 17.8 Å². The molecule has 1 amide bonds. The first-order chi connectivity index (χ1) is 9.56. The maximum Gasteiger partial charge on any atom is 0.226 e. The number of amides is 1. The largest absolute Gasteiger partial charge is 0.344 e. The Balaban J connectivity index is 1.85. The van der Waals surface area contributed by atoms with Crippen LogP contribution < -0.4 is 0 Å². The summed E-state index contributed by atoms with van der Waals surface area (Å²) in [6, 6.07) is 3.66. The highest BCUT2D eigenvalue weighted by Crippen LogP contribution is 2.16. The van der Waals surface area contributed by atoms with Crippen LogP contribution in [0.1, 0.15) is 22.2 Å². The molecule has 0 aliphatic heterocycles. The first-order valence-corrected chi connectivity index (χ1v) is 7.24. The maximum atomic E-state index is 12.1. The molecule has 20 heavy (non-hydrogen) atoms. The molecule has 2 aromatic heterocycles. The Morgan fingerprint density at radius 2 is 2.25 bits per heavy atom. The molecule has 0 N–H and O–H groups in total. The molecule has 0 bridgehead atoms. The summed E-state index contributed by atoms with van der Waals surface area (Å²) in [5.74, 6) is 0.0887. The second kappa shape index (κ2) is 6.47. The Bertz CT molecular complexity index is 589. The van der Waals surface area contributed by atoms with Crippen molar-refractivity contribution in [2.75, 3.05) is 13.6 Å². The van der Waals surface area contributed by atoms with Crippen molar-refractivity contribution in [2.24, 2.45) is 0 Å². The summed E-state index contributed by atoms with van der Waals surface area (Å²) in [5, 5.41) is 5.97. The predicted molar refractivity (Wildman–Crippen MR) is 77.9 cm³/mol. The Labute approximate surface area is 121 Å². The van der Waals surface area contributed by atoms with E-state index < -0.39 is 0 Å². The van der Waals surface area contributed by atoms with Crippen molar-refractivity contribution in [2.45, 2.75) is 19.9 Å². The zero-order chi connectivity index (χ0) is 14.5. The zero-order valence-corrected chi connectivity index (χ0v) is 12.4. The van der Waals surface area contributed by atoms with E-state index in [0.717, 1.165) is 5.56 Å². The Morgan fingerprint density at radius 1 is 1.45 bits per heavy atom. The molecule has 0 spiro atoms. The molecule has 0 radical (unpaired) electrons. The number of carbonyl (C=O) groups is 2. The average molecular weight is 291 g/mol. The van der Waals surface area contributed by atoms with Gasteiger partial charge in [0.25, 0.3) is 0 Å². The van der Waals surface area contributed by atoms with Crippen LogP contribution in [-0.2, 0) is 17.8 Å². The number of hydrogen-bond acceptors (Lipinski definition) is 4. The summed E-state index contributed by atoms with van der Waals surface area (Å²) in [4.78, 5) is 25.7. The highest BCUT2D eigenvalue weighted by molar-refractivity contribution is 7.12. The number of ketones is 1. The van der Waals surface area contributed by atoms with Gasteiger partial charge < -0.3 is 4.90 Å². The molecule has 0 atom stereocenters. The predicted octanol–water partition coefficient (Wildman–Crippen LogP) is 1.85. The molecule has 0 saturated carbocycles. The first kappa shape index (κ1) is 14.5. The van der Waals surface area contributed by atoms with Crippen molar-refractivity contribution in [3.05, 3.63) is 40.3 Å². The Kier molecular flexibility index (Phi) is 4.68. The molecule has 2 rings (SSSR count). The number of rotatable bonds is 6. The van der Waals surface area contributed by atoms with Crippen LogP contribution in [0.4, 0.5) is 0 Å². The topological polar surface area (TPSA) is 55.2 Å². The SMILES string of the molecule is CC(=O)c1cc(CC(=O)N(C)CCn2cccn2)cs1. The lowest BCUT2D eigenvalue weighted by atomic mass is 10.2. The molecule has 0 saturated heterocycles. The highest BCUT2D eigenvalue weighted by Gasteiger charge is 2.12. The van der Waals surface area contributed by atoms with Crippen molar-refractivity contribution in [1.82, 2.24) is 14.7 Å². The first-order valence-electron chi connectivity index (χ1n) is 6.36. The van der Waals surface area contributed by atoms with Crippen LogP contribution in [0, 0.1) is 0 Å². The van der Waals surface area contributed by atoms with Gasteiger partial charge in [-0.25, -0.2) is 0 Å². The van der Waals surface area contributed by atoms with E-state index in [2.05, 4.69) is 5.10 Å². The van der Waals surface area contributed by atoms with Crippen LogP contribution >= 0.6 is 11.3 Å². The Morgan fingerprint density at radius 3 is 2.85 bits per heavy atom. The molecule has 0 aliphatic rings. The summed E-state index contributed by atoms with van der Waals surface area (Å²) in [6.07, 6.45) is 3.92. The molecule has 106 valence electrons. The summed E-state index contributed by atoms with van der Waals surface area (Å²) in [5.41, 5.74) is 0.899. The number of aromatic nitrogens is 2. The van der Waals surface area contributed by atoms with Crippen molar-refractivity contribution in [3.63, 3.8) is 0 Å². The van der Waals surface area contributed by atoms with Crippen molar-refractivity contribution >= 4 is 23.0 Å². The van der Waals surface area contributed by atoms with Gasteiger partial charge in [-0.1, -0.05) is 0 Å². The van der Waals surface area contributed by atoms with Crippen LogP contribution in [-0.4, -0.2) is 40.0 Å². The number of carbonyl (C=O) groups excluding carboxylic acids is 2. The van der Waals surface area contributed by atoms with E-state index in [-0.39, 0.29) is 11.7 Å². The van der Waals surface area contributed by atoms with Crippen LogP contribution in [0.15, 0.2) is 29.9 Å². The number of nitrogens with zero attached hydrogens (tertiary/aromatic N) is 3. The van der Waals surface area contributed by atoms with Gasteiger partial charge in [0.1, 0.15) is 0 Å². The fourth-order valence-electron chi connectivity index (χ4n) is 1.77. The van der Waals surface area contributed by atoms with Crippen LogP contribution in [0.2, 0.25) is 0 Å². The van der Waals surface area contributed by atoms with Gasteiger partial charge >= 0.3 is 0 Å². The van der Waals surface area contributed by atoms with E-state index in [1.54, 1.807) is 28.9 Å². The van der Waals surface area contributed by atoms with E-state index in [1.807, 2.05) is 17.6 Å². The highest BCUT2D eigenvalue weighted by atomic mass is 32.1. The summed E-state index contributed by atoms with van der Waals surface area (Å²) < 4.78 is 1.79. The normalized spacial score (nSPS) is 10.5. The summed E-state index contributed by atoms with van der Waals surface area (Å²) in [6.45, 7) is 2.83. The van der Waals surface area contributed by atoms with Gasteiger partial charge in [-0.15, -0.1) is 11.3 Å². The molecular formula is C14H17N3O2S. The van der Waals surface area contributed by atoms with E-state index >= 15 is 0 Å². The molecule has 2 heterocycles. The third kappa shape index (κ3) is 3.77. The van der Waals surface area contributed by atoms with Gasteiger partial charge in [-0.2, -0.15) is 5.10 Å². The third-order valence-electron chi connectivity index (χ3n) is 3.01. The number of hydrogen-bond donors (Lipinski definition) is 0. The molecule has 5 nitrogen and oxygen atoms in total. The molecular weight excluding hydrogens is 274 g/mol. The van der Waals surface area contributed by atoms with Gasteiger partial charge in [0.15, 0.2) is 5.78 Å². The molecule has 0 fully saturated rings. The summed E-state index contributed by atoms with van der Waals surface area (Å²) >= 11 is 1.39. The minimum atomic E-state index is 0.0423. The average Bonchev–Trinajstić information content (AvgIpc) is 3.06. The van der Waals surface area contributed by atoms with E-state index in [0.29, 0.717) is 24.4 Å². The second-order valence-corrected chi connectivity index (χ2v) is 5.55. The number of Topliss-reactive ketones (excluding diaryl/α,β-unsaturated/α-hetero) is 1. The molecule has 0 aliphatic carbocycles. The third-order valence-corrected chi connectivity index (χ3v) is 4.09. The number of likely N-dealkylation sites (N-methyl/N-ethyl adjacent to an activating group) is 1. The van der Waals surface area contributed by atoms with Crippen molar-refractivity contribution < 1.29 is 9.59 Å². The maximum absolute atomic E-state index is 12.1. The molecule has 0 aromatic carbocycles. The Hall–Kier alpha value is -1.95. The quantitative estimate of drug-likeness (QED) is 0.763. The van der Waals surface area contributed by atoms with Gasteiger partial charge in [-0.05, 0) is 30.0 Å². The molecule has 2 aromatic rings. The standard InChI is InChI=1S/C14H17N3O2S/c1-11(18)13-8-12(10-20-13)9-14(19)16(2)6-7-17-5-3-4-15-17/h3-5,8,10H,6-7,9H2,1-2H3. The minimum absolute atomic E-state index is 0.0423. The second-order valence-electron chi connectivity index (χ2n) is 4.64. The van der Waals surface area contributed by atoms with E-state index in [1.165, 1.54) is 18.3 Å². The van der Waals surface area contributed by atoms with Gasteiger partial charge in [0.2, 0.25) is 5.91 Å². The van der Waals surface area contributed by atoms with Gasteiger partial charge in [0, 0.05) is 26.0 Å². The monoisotopic (exact) mass is 291 g/mol. The van der Waals surface area contributed by atoms with Gasteiger partial charge in [-0.3, -0.25) is 14.3 Å². The lowest BCUT2D eigenvalue weighted by molar-refractivity contribution is -0.129. The van der Waals surface area contributed by atoms with Crippen molar-refractivity contribution in [3.8, 4) is 0 Å². The molecule has 6 heteroatoms. The molecule has 0 unspecified atom stereocenters. The van der Waals surface area contributed by atoms with E-state index in [4.69, 9.17) is 0 Å². The lowest BCUT2D eigenvalue weighted by Gasteiger charge is -2.16. The van der Waals surface area contributed by atoms with Crippen LogP contribution in [0.25, 0.3) is 0 Å². The summed E-state index contributed by atoms with van der Waals surface area (Å²) in [7, 11) is 1.78. The van der Waals surface area contributed by atoms with E-state index in [9.17, 15) is 9.59 Å². The zero-order valence-electron chi connectivity index (χ0n) is 11.6. The lowest BCUT2D eigenvalue weighted by Crippen LogP contribution is -2.31. The van der Waals surface area contributed by atoms with Crippen molar-refractivity contribution in [1.29, 1.82) is 0 Å². The number of thiophene rings is 1. The van der Waals surface area contributed by atoms with Crippen LogP contribution in [0.5, 0.6) is 0 Å².